The molecule has 2 heterocycles. The molecule has 0 bridgehead atoms. The molecule has 0 aromatic carbocycles. The van der Waals surface area contributed by atoms with Gasteiger partial charge in [0.1, 0.15) is 6.61 Å². The highest BCUT2D eigenvalue weighted by Gasteiger charge is 2.16. The lowest BCUT2D eigenvalue weighted by Crippen LogP contribution is -2.17. The topological polar surface area (TPSA) is 43.4 Å². The fraction of sp³-hybridized carbons (Fsp3) is 0.667. The molecule has 1 saturated heterocycles. The van der Waals surface area contributed by atoms with Gasteiger partial charge in [-0.1, -0.05) is 13.8 Å². The lowest BCUT2D eigenvalue weighted by molar-refractivity contribution is 0.0662. The minimum atomic E-state index is 0.240. The number of aryl methyl sites for hydroxylation is 1. The molecule has 1 atom stereocenters. The predicted molar refractivity (Wildman–Crippen MR) is 75.5 cm³/mol. The summed E-state index contributed by atoms with van der Waals surface area (Å²) in [6.45, 7) is 7.53. The third-order valence-electron chi connectivity index (χ3n) is 3.30. The van der Waals surface area contributed by atoms with Gasteiger partial charge >= 0.3 is 0 Å². The Hall–Kier alpha value is -1.13. The maximum atomic E-state index is 5.79. The number of ether oxygens (including phenoxy) is 2. The molecule has 1 fully saturated rings. The van der Waals surface area contributed by atoms with E-state index in [1.165, 1.54) is 5.56 Å². The highest BCUT2D eigenvalue weighted by atomic mass is 16.5. The van der Waals surface area contributed by atoms with E-state index < -0.39 is 0 Å². The van der Waals surface area contributed by atoms with Crippen molar-refractivity contribution in [3.05, 3.63) is 23.4 Å². The minimum Gasteiger partial charge on any atom is -0.475 e. The Morgan fingerprint density at radius 3 is 3.00 bits per heavy atom. The second-order valence-corrected chi connectivity index (χ2v) is 4.88. The zero-order chi connectivity index (χ0) is 13.5. The van der Waals surface area contributed by atoms with Gasteiger partial charge in [-0.25, -0.2) is 4.98 Å². The van der Waals surface area contributed by atoms with Crippen molar-refractivity contribution in [2.45, 2.75) is 45.8 Å². The first kappa shape index (κ1) is 14.3. The Kier molecular flexibility index (Phi) is 5.61. The SMILES string of the molecule is CCNCc1cc(CC)nc(OCC2CCCO2)c1. The average Bonchev–Trinajstić information content (AvgIpc) is 2.96. The van der Waals surface area contributed by atoms with E-state index in [9.17, 15) is 0 Å². The third kappa shape index (κ3) is 4.48. The molecule has 1 aromatic rings. The zero-order valence-electron chi connectivity index (χ0n) is 11.9. The third-order valence-corrected chi connectivity index (χ3v) is 3.30. The first-order valence-corrected chi connectivity index (χ1v) is 7.26. The van der Waals surface area contributed by atoms with Crippen LogP contribution in [0.25, 0.3) is 0 Å². The van der Waals surface area contributed by atoms with Gasteiger partial charge in [-0.3, -0.25) is 0 Å². The number of aromatic nitrogens is 1. The quantitative estimate of drug-likeness (QED) is 0.820. The van der Waals surface area contributed by atoms with Crippen LogP contribution >= 0.6 is 0 Å². The normalized spacial score (nSPS) is 18.7. The fourth-order valence-electron chi connectivity index (χ4n) is 2.20. The Bertz CT molecular complexity index is 390. The Balaban J connectivity index is 1.96. The van der Waals surface area contributed by atoms with Crippen molar-refractivity contribution in [3.8, 4) is 5.88 Å². The molecule has 1 unspecified atom stereocenters. The molecule has 0 aliphatic carbocycles. The van der Waals surface area contributed by atoms with Gasteiger partial charge in [-0.05, 0) is 37.4 Å². The summed E-state index contributed by atoms with van der Waals surface area (Å²) < 4.78 is 11.4. The van der Waals surface area contributed by atoms with Crippen molar-refractivity contribution in [1.29, 1.82) is 0 Å². The van der Waals surface area contributed by atoms with Crippen LogP contribution in [0.4, 0.5) is 0 Å². The van der Waals surface area contributed by atoms with Crippen LogP contribution in [-0.4, -0.2) is 30.8 Å². The Morgan fingerprint density at radius 1 is 1.42 bits per heavy atom. The molecule has 0 radical (unpaired) electrons. The lowest BCUT2D eigenvalue weighted by Gasteiger charge is -2.13. The monoisotopic (exact) mass is 264 g/mol. The summed E-state index contributed by atoms with van der Waals surface area (Å²) >= 11 is 0. The average molecular weight is 264 g/mol. The molecule has 1 aliphatic rings. The van der Waals surface area contributed by atoms with Crippen molar-refractivity contribution in [2.75, 3.05) is 19.8 Å². The molecular weight excluding hydrogens is 240 g/mol. The zero-order valence-corrected chi connectivity index (χ0v) is 11.9. The van der Waals surface area contributed by atoms with E-state index in [1.807, 2.05) is 6.07 Å². The number of hydrogen-bond donors (Lipinski definition) is 1. The van der Waals surface area contributed by atoms with E-state index in [2.05, 4.69) is 30.2 Å². The molecule has 1 aromatic heterocycles. The van der Waals surface area contributed by atoms with E-state index in [-0.39, 0.29) is 6.10 Å². The molecule has 0 amide bonds. The standard InChI is InChI=1S/C15H24N2O2/c1-3-13-8-12(10-16-4-2)9-15(17-13)19-11-14-6-5-7-18-14/h8-9,14,16H,3-7,10-11H2,1-2H3. The van der Waals surface area contributed by atoms with Gasteiger partial charge in [0.15, 0.2) is 0 Å². The molecule has 2 rings (SSSR count). The molecule has 4 nitrogen and oxygen atoms in total. The Labute approximate surface area is 115 Å². The summed E-state index contributed by atoms with van der Waals surface area (Å²) in [4.78, 5) is 4.52. The maximum absolute atomic E-state index is 5.79. The van der Waals surface area contributed by atoms with E-state index in [0.29, 0.717) is 6.61 Å². The van der Waals surface area contributed by atoms with Gasteiger partial charge in [-0.15, -0.1) is 0 Å². The Morgan fingerprint density at radius 2 is 2.32 bits per heavy atom. The molecule has 0 spiro atoms. The highest BCUT2D eigenvalue weighted by molar-refractivity contribution is 5.25. The fourth-order valence-corrected chi connectivity index (χ4v) is 2.20. The van der Waals surface area contributed by atoms with Crippen molar-refractivity contribution in [1.82, 2.24) is 10.3 Å². The van der Waals surface area contributed by atoms with Crippen molar-refractivity contribution in [2.24, 2.45) is 0 Å². The van der Waals surface area contributed by atoms with Gasteiger partial charge in [0.2, 0.25) is 5.88 Å². The largest absolute Gasteiger partial charge is 0.475 e. The van der Waals surface area contributed by atoms with E-state index in [1.54, 1.807) is 0 Å². The molecule has 19 heavy (non-hydrogen) atoms. The number of nitrogens with one attached hydrogen (secondary N) is 1. The second-order valence-electron chi connectivity index (χ2n) is 4.88. The highest BCUT2D eigenvalue weighted by Crippen LogP contribution is 2.17. The number of nitrogens with zero attached hydrogens (tertiary/aromatic N) is 1. The van der Waals surface area contributed by atoms with Crippen LogP contribution in [-0.2, 0) is 17.7 Å². The van der Waals surface area contributed by atoms with Crippen LogP contribution in [0.1, 0.15) is 37.9 Å². The van der Waals surface area contributed by atoms with E-state index >= 15 is 0 Å². The van der Waals surface area contributed by atoms with Crippen LogP contribution in [0.3, 0.4) is 0 Å². The molecule has 106 valence electrons. The molecule has 0 saturated carbocycles. The maximum Gasteiger partial charge on any atom is 0.213 e. The van der Waals surface area contributed by atoms with Crippen molar-refractivity contribution >= 4 is 0 Å². The van der Waals surface area contributed by atoms with Crippen LogP contribution < -0.4 is 10.1 Å². The molecule has 4 heteroatoms. The predicted octanol–water partition coefficient (Wildman–Crippen LogP) is 2.31. The minimum absolute atomic E-state index is 0.240. The summed E-state index contributed by atoms with van der Waals surface area (Å²) in [5, 5.41) is 3.33. The summed E-state index contributed by atoms with van der Waals surface area (Å²) in [6.07, 6.45) is 3.40. The van der Waals surface area contributed by atoms with Crippen molar-refractivity contribution < 1.29 is 9.47 Å². The van der Waals surface area contributed by atoms with Crippen LogP contribution in [0, 0.1) is 0 Å². The number of hydrogen-bond acceptors (Lipinski definition) is 4. The summed E-state index contributed by atoms with van der Waals surface area (Å²) in [5.74, 6) is 0.725. The van der Waals surface area contributed by atoms with Crippen LogP contribution in [0.15, 0.2) is 12.1 Å². The lowest BCUT2D eigenvalue weighted by atomic mass is 10.2. The first-order chi connectivity index (χ1) is 9.31. The summed E-state index contributed by atoms with van der Waals surface area (Å²) in [7, 11) is 0. The second kappa shape index (κ2) is 7.46. The smallest absolute Gasteiger partial charge is 0.213 e. The van der Waals surface area contributed by atoms with Crippen LogP contribution in [0.5, 0.6) is 5.88 Å². The first-order valence-electron chi connectivity index (χ1n) is 7.26. The van der Waals surface area contributed by atoms with E-state index in [0.717, 1.165) is 50.5 Å². The number of rotatable bonds is 7. The van der Waals surface area contributed by atoms with E-state index in [4.69, 9.17) is 9.47 Å². The summed E-state index contributed by atoms with van der Waals surface area (Å²) in [6, 6.07) is 4.17. The van der Waals surface area contributed by atoms with Crippen molar-refractivity contribution in [3.63, 3.8) is 0 Å². The van der Waals surface area contributed by atoms with Crippen LogP contribution in [0.2, 0.25) is 0 Å². The van der Waals surface area contributed by atoms with Gasteiger partial charge in [0.25, 0.3) is 0 Å². The van der Waals surface area contributed by atoms with Gasteiger partial charge in [0, 0.05) is 24.9 Å². The van der Waals surface area contributed by atoms with Gasteiger partial charge in [-0.2, -0.15) is 0 Å². The molecule has 1 aliphatic heterocycles. The molecular formula is C15H24N2O2. The van der Waals surface area contributed by atoms with Gasteiger partial charge < -0.3 is 14.8 Å². The summed E-state index contributed by atoms with van der Waals surface area (Å²) in [5.41, 5.74) is 2.31. The number of pyridine rings is 1. The molecule has 1 N–H and O–H groups in total. The van der Waals surface area contributed by atoms with Gasteiger partial charge in [0.05, 0.1) is 6.10 Å².